The Morgan fingerprint density at radius 1 is 1.21 bits per heavy atom. The fourth-order valence-electron chi connectivity index (χ4n) is 3.67. The van der Waals surface area contributed by atoms with Crippen LogP contribution in [0.15, 0.2) is 36.4 Å². The maximum atomic E-state index is 12.7. The van der Waals surface area contributed by atoms with E-state index in [1.807, 2.05) is 13.0 Å². The van der Waals surface area contributed by atoms with Crippen molar-refractivity contribution in [3.8, 4) is 11.5 Å². The molecular weight excluding hydrogens is 390 g/mol. The Labute approximate surface area is 177 Å². The Morgan fingerprint density at radius 3 is 2.52 bits per heavy atom. The van der Waals surface area contributed by atoms with Crippen LogP contribution in [0.2, 0.25) is 5.02 Å². The van der Waals surface area contributed by atoms with E-state index in [0.717, 1.165) is 38.3 Å². The molecule has 0 radical (unpaired) electrons. The molecule has 0 aromatic heterocycles. The maximum absolute atomic E-state index is 12.7. The first-order valence-corrected chi connectivity index (χ1v) is 10.3. The molecule has 0 bridgehead atoms. The number of methoxy groups -OCH3 is 1. The molecule has 1 fully saturated rings. The third-order valence-corrected chi connectivity index (χ3v) is 5.59. The average molecular weight is 418 g/mol. The molecule has 6 nitrogen and oxygen atoms in total. The number of halogens is 1. The minimum Gasteiger partial charge on any atom is -0.505 e. The predicted octanol–water partition coefficient (Wildman–Crippen LogP) is 3.17. The number of aromatic hydroxyl groups is 1. The predicted molar refractivity (Wildman–Crippen MR) is 116 cm³/mol. The van der Waals surface area contributed by atoms with Crippen molar-refractivity contribution in [3.63, 3.8) is 0 Å². The van der Waals surface area contributed by atoms with Crippen LogP contribution in [0.5, 0.6) is 11.5 Å². The number of carbonyl (C=O) groups excluding carboxylic acids is 1. The van der Waals surface area contributed by atoms with Crippen LogP contribution in [0, 0.1) is 0 Å². The fraction of sp³-hybridized carbons (Fsp3) is 0.409. The molecule has 1 amide bonds. The third-order valence-electron chi connectivity index (χ3n) is 5.30. The topological polar surface area (TPSA) is 65.0 Å². The number of amides is 1. The van der Waals surface area contributed by atoms with Gasteiger partial charge in [0.15, 0.2) is 5.75 Å². The van der Waals surface area contributed by atoms with Crippen molar-refractivity contribution in [1.82, 2.24) is 10.2 Å². The van der Waals surface area contributed by atoms with Crippen molar-refractivity contribution in [2.24, 2.45) is 0 Å². The summed E-state index contributed by atoms with van der Waals surface area (Å²) in [4.78, 5) is 17.4. The quantitative estimate of drug-likeness (QED) is 0.724. The Morgan fingerprint density at radius 2 is 1.90 bits per heavy atom. The van der Waals surface area contributed by atoms with Gasteiger partial charge in [-0.15, -0.1) is 0 Å². The van der Waals surface area contributed by atoms with E-state index in [-0.39, 0.29) is 22.2 Å². The Hall–Kier alpha value is -2.44. The summed E-state index contributed by atoms with van der Waals surface area (Å²) in [7, 11) is 1.49. The number of rotatable bonds is 7. The summed E-state index contributed by atoms with van der Waals surface area (Å²) in [5, 5.41) is 13.3. The third kappa shape index (κ3) is 4.95. The summed E-state index contributed by atoms with van der Waals surface area (Å²) in [6.07, 6.45) is 0.648. The molecule has 0 saturated carbocycles. The summed E-state index contributed by atoms with van der Waals surface area (Å²) in [5.41, 5.74) is 2.14. The van der Waals surface area contributed by atoms with Crippen LogP contribution in [0.4, 0.5) is 5.69 Å². The Kier molecular flexibility index (Phi) is 7.23. The summed E-state index contributed by atoms with van der Waals surface area (Å²) in [5.74, 6) is -0.238. The van der Waals surface area contributed by atoms with Gasteiger partial charge >= 0.3 is 0 Å². The van der Waals surface area contributed by atoms with Crippen LogP contribution < -0.4 is 15.0 Å². The summed E-state index contributed by atoms with van der Waals surface area (Å²) < 4.78 is 5.38. The largest absolute Gasteiger partial charge is 0.505 e. The minimum absolute atomic E-state index is 0.103. The summed E-state index contributed by atoms with van der Waals surface area (Å²) in [6, 6.07) is 12.0. The second kappa shape index (κ2) is 9.85. The van der Waals surface area contributed by atoms with Gasteiger partial charge < -0.3 is 20.1 Å². The van der Waals surface area contributed by atoms with Crippen molar-refractivity contribution in [3.05, 3.63) is 52.5 Å². The normalized spacial score (nSPS) is 14.7. The number of phenols is 1. The zero-order valence-corrected chi connectivity index (χ0v) is 17.7. The SMILES string of the molecule is CCc1cc(Cl)c(O)c(C(=O)NCCN2CCN(c3ccccc3)CC2)c1OC. The summed E-state index contributed by atoms with van der Waals surface area (Å²) in [6.45, 7) is 6.98. The molecule has 0 unspecified atom stereocenters. The number of anilines is 1. The van der Waals surface area contributed by atoms with E-state index in [4.69, 9.17) is 16.3 Å². The highest BCUT2D eigenvalue weighted by molar-refractivity contribution is 6.33. The first-order valence-electron chi connectivity index (χ1n) is 9.94. The van der Waals surface area contributed by atoms with Gasteiger partial charge in [0.2, 0.25) is 0 Å². The molecule has 2 aromatic carbocycles. The number of nitrogens with zero attached hydrogens (tertiary/aromatic N) is 2. The van der Waals surface area contributed by atoms with E-state index in [1.54, 1.807) is 6.07 Å². The van der Waals surface area contributed by atoms with Crippen LogP contribution in [-0.4, -0.2) is 62.3 Å². The van der Waals surface area contributed by atoms with E-state index in [1.165, 1.54) is 12.8 Å². The number of para-hydroxylation sites is 1. The number of hydrogen-bond donors (Lipinski definition) is 2. The van der Waals surface area contributed by atoms with E-state index in [0.29, 0.717) is 18.7 Å². The van der Waals surface area contributed by atoms with Gasteiger partial charge in [0, 0.05) is 45.0 Å². The van der Waals surface area contributed by atoms with E-state index < -0.39 is 0 Å². The molecule has 7 heteroatoms. The van der Waals surface area contributed by atoms with Gasteiger partial charge in [0.1, 0.15) is 11.3 Å². The van der Waals surface area contributed by atoms with E-state index in [9.17, 15) is 9.90 Å². The molecule has 156 valence electrons. The molecule has 0 atom stereocenters. The standard InChI is InChI=1S/C22H28ClN3O3/c1-3-16-15-18(23)20(27)19(21(16)29-2)22(28)24-9-10-25-11-13-26(14-12-25)17-7-5-4-6-8-17/h4-8,15,27H,3,9-14H2,1-2H3,(H,24,28). The number of carbonyl (C=O) groups is 1. The van der Waals surface area contributed by atoms with Crippen LogP contribution in [0.1, 0.15) is 22.8 Å². The van der Waals surface area contributed by atoms with Crippen molar-refractivity contribution in [1.29, 1.82) is 0 Å². The van der Waals surface area contributed by atoms with Gasteiger partial charge in [-0.05, 0) is 30.2 Å². The molecule has 1 aliphatic heterocycles. The van der Waals surface area contributed by atoms with Gasteiger partial charge in [-0.1, -0.05) is 36.7 Å². The molecule has 1 aliphatic rings. The lowest BCUT2D eigenvalue weighted by Gasteiger charge is -2.36. The first-order chi connectivity index (χ1) is 14.0. The number of phenolic OH excluding ortho intramolecular Hbond substituents is 1. The van der Waals surface area contributed by atoms with Gasteiger partial charge in [-0.3, -0.25) is 9.69 Å². The lowest BCUT2D eigenvalue weighted by atomic mass is 10.0. The second-order valence-electron chi connectivity index (χ2n) is 7.05. The number of hydrogen-bond acceptors (Lipinski definition) is 5. The molecular formula is C22H28ClN3O3. The molecule has 29 heavy (non-hydrogen) atoms. The van der Waals surface area contributed by atoms with Crippen LogP contribution in [-0.2, 0) is 6.42 Å². The van der Waals surface area contributed by atoms with E-state index in [2.05, 4.69) is 39.4 Å². The molecule has 0 spiro atoms. The highest BCUT2D eigenvalue weighted by atomic mass is 35.5. The van der Waals surface area contributed by atoms with Gasteiger partial charge in [-0.2, -0.15) is 0 Å². The maximum Gasteiger partial charge on any atom is 0.258 e. The number of benzene rings is 2. The van der Waals surface area contributed by atoms with Gasteiger partial charge in [0.25, 0.3) is 5.91 Å². The highest BCUT2D eigenvalue weighted by Gasteiger charge is 2.23. The number of nitrogens with one attached hydrogen (secondary N) is 1. The lowest BCUT2D eigenvalue weighted by Crippen LogP contribution is -2.48. The lowest BCUT2D eigenvalue weighted by molar-refractivity contribution is 0.0941. The van der Waals surface area contributed by atoms with Crippen molar-refractivity contribution in [2.45, 2.75) is 13.3 Å². The molecule has 2 N–H and O–H groups in total. The Balaban J connectivity index is 1.54. The fourth-order valence-corrected chi connectivity index (χ4v) is 3.89. The summed E-state index contributed by atoms with van der Waals surface area (Å²) >= 11 is 6.09. The van der Waals surface area contributed by atoms with Crippen LogP contribution >= 0.6 is 11.6 Å². The minimum atomic E-state index is -0.375. The van der Waals surface area contributed by atoms with Crippen molar-refractivity contribution in [2.75, 3.05) is 51.3 Å². The zero-order chi connectivity index (χ0) is 20.8. The van der Waals surface area contributed by atoms with Crippen molar-refractivity contribution >= 4 is 23.2 Å². The zero-order valence-electron chi connectivity index (χ0n) is 16.9. The van der Waals surface area contributed by atoms with Gasteiger partial charge in [-0.25, -0.2) is 0 Å². The van der Waals surface area contributed by atoms with E-state index >= 15 is 0 Å². The molecule has 1 saturated heterocycles. The molecule has 1 heterocycles. The average Bonchev–Trinajstić information content (AvgIpc) is 2.76. The second-order valence-corrected chi connectivity index (χ2v) is 7.46. The monoisotopic (exact) mass is 417 g/mol. The molecule has 3 rings (SSSR count). The van der Waals surface area contributed by atoms with Crippen molar-refractivity contribution < 1.29 is 14.6 Å². The smallest absolute Gasteiger partial charge is 0.258 e. The van der Waals surface area contributed by atoms with Crippen LogP contribution in [0.25, 0.3) is 0 Å². The van der Waals surface area contributed by atoms with Crippen LogP contribution in [0.3, 0.4) is 0 Å². The first kappa shape index (κ1) is 21.3. The molecule has 2 aromatic rings. The number of piperazine rings is 1. The molecule has 0 aliphatic carbocycles. The number of ether oxygens (including phenoxy) is 1. The number of aryl methyl sites for hydroxylation is 1. The highest BCUT2D eigenvalue weighted by Crippen LogP contribution is 2.38. The Bertz CT molecular complexity index is 837. The van der Waals surface area contributed by atoms with Gasteiger partial charge in [0.05, 0.1) is 12.1 Å².